The van der Waals surface area contributed by atoms with E-state index < -0.39 is 0 Å². The van der Waals surface area contributed by atoms with E-state index in [0.29, 0.717) is 38.7 Å². The predicted molar refractivity (Wildman–Crippen MR) is 117 cm³/mol. The molecule has 5 rings (SSSR count). The van der Waals surface area contributed by atoms with Gasteiger partial charge in [0.25, 0.3) is 0 Å². The van der Waals surface area contributed by atoms with E-state index in [-0.39, 0.29) is 36.3 Å². The van der Waals surface area contributed by atoms with Crippen LogP contribution < -0.4 is 10.1 Å². The summed E-state index contributed by atoms with van der Waals surface area (Å²) in [5.74, 6) is 1.46. The van der Waals surface area contributed by atoms with Crippen LogP contribution >= 0.6 is 0 Å². The Labute approximate surface area is 187 Å². The number of benzene rings is 2. The fourth-order valence-electron chi connectivity index (χ4n) is 4.66. The highest BCUT2D eigenvalue weighted by atomic mass is 16.5. The van der Waals surface area contributed by atoms with E-state index in [1.54, 1.807) is 0 Å². The molecule has 2 aromatic carbocycles. The summed E-state index contributed by atoms with van der Waals surface area (Å²) < 4.78 is 17.6. The van der Waals surface area contributed by atoms with Gasteiger partial charge in [0.05, 0.1) is 25.2 Å². The summed E-state index contributed by atoms with van der Waals surface area (Å²) in [5, 5.41) is 3.11. The first-order valence-electron chi connectivity index (χ1n) is 11.3. The number of fused-ring (bicyclic) bond motifs is 5. The lowest BCUT2D eigenvalue weighted by Gasteiger charge is -2.26. The van der Waals surface area contributed by atoms with E-state index in [9.17, 15) is 9.59 Å². The van der Waals surface area contributed by atoms with Crippen LogP contribution in [0.15, 0.2) is 48.5 Å². The molecule has 168 valence electrons. The van der Waals surface area contributed by atoms with Gasteiger partial charge in [-0.25, -0.2) is 0 Å². The van der Waals surface area contributed by atoms with Crippen LogP contribution in [0, 0.1) is 5.92 Å². The van der Waals surface area contributed by atoms with Crippen LogP contribution in [0.2, 0.25) is 0 Å². The van der Waals surface area contributed by atoms with Crippen LogP contribution in [-0.2, 0) is 32.1 Å². The molecule has 7 heteroatoms. The van der Waals surface area contributed by atoms with Crippen molar-refractivity contribution in [3.05, 3.63) is 59.7 Å². The molecule has 0 saturated carbocycles. The van der Waals surface area contributed by atoms with E-state index in [1.807, 2.05) is 53.4 Å². The average molecular weight is 437 g/mol. The van der Waals surface area contributed by atoms with Gasteiger partial charge in [-0.15, -0.1) is 0 Å². The van der Waals surface area contributed by atoms with E-state index in [4.69, 9.17) is 14.2 Å². The molecule has 0 radical (unpaired) electrons. The molecule has 0 unspecified atom stereocenters. The molecule has 2 amide bonds. The zero-order valence-corrected chi connectivity index (χ0v) is 18.0. The van der Waals surface area contributed by atoms with Crippen molar-refractivity contribution in [1.82, 2.24) is 10.2 Å². The highest BCUT2D eigenvalue weighted by Crippen LogP contribution is 2.26. The average Bonchev–Trinajstić information content (AvgIpc) is 3.20. The fraction of sp³-hybridized carbons (Fsp3) is 0.440. The van der Waals surface area contributed by atoms with Crippen LogP contribution in [-0.4, -0.2) is 55.2 Å². The summed E-state index contributed by atoms with van der Waals surface area (Å²) in [6, 6.07) is 15.1. The van der Waals surface area contributed by atoms with Crippen LogP contribution in [0.5, 0.6) is 11.5 Å². The quantitative estimate of drug-likeness (QED) is 0.744. The Morgan fingerprint density at radius 2 is 1.69 bits per heavy atom. The van der Waals surface area contributed by atoms with Crippen LogP contribution in [0.25, 0.3) is 0 Å². The highest BCUT2D eigenvalue weighted by Gasteiger charge is 2.39. The van der Waals surface area contributed by atoms with E-state index >= 15 is 0 Å². The third kappa shape index (κ3) is 4.79. The molecular weight excluding hydrogens is 408 g/mol. The molecule has 0 aliphatic carbocycles. The molecule has 7 nitrogen and oxygen atoms in total. The minimum atomic E-state index is -0.262. The second kappa shape index (κ2) is 9.30. The van der Waals surface area contributed by atoms with Crippen molar-refractivity contribution < 1.29 is 23.8 Å². The molecule has 2 atom stereocenters. The highest BCUT2D eigenvalue weighted by molar-refractivity contribution is 5.81. The molecule has 2 saturated heterocycles. The molecule has 3 aliphatic rings. The summed E-state index contributed by atoms with van der Waals surface area (Å²) in [7, 11) is 0. The van der Waals surface area contributed by atoms with Gasteiger partial charge < -0.3 is 24.4 Å². The van der Waals surface area contributed by atoms with Gasteiger partial charge in [0.1, 0.15) is 11.5 Å². The SMILES string of the molecule is O=C1Cc2cccc(c2)Oc2cccc(c2)CO[C@H]2CN(C(=O)C3CCOCC3)C[C@@H]2N1. The van der Waals surface area contributed by atoms with Crippen molar-refractivity contribution in [3.63, 3.8) is 0 Å². The Kier molecular flexibility index (Phi) is 6.10. The van der Waals surface area contributed by atoms with Gasteiger partial charge in [-0.05, 0) is 48.2 Å². The predicted octanol–water partition coefficient (Wildman–Crippen LogP) is 2.67. The molecule has 1 N–H and O–H groups in total. The van der Waals surface area contributed by atoms with Gasteiger partial charge in [-0.2, -0.15) is 0 Å². The number of hydrogen-bond donors (Lipinski definition) is 1. The Morgan fingerprint density at radius 3 is 2.47 bits per heavy atom. The number of ether oxygens (including phenoxy) is 3. The Hall–Kier alpha value is -2.90. The number of hydrogen-bond acceptors (Lipinski definition) is 5. The van der Waals surface area contributed by atoms with Gasteiger partial charge in [0, 0.05) is 32.2 Å². The normalized spacial score (nSPS) is 24.1. The number of carbonyl (C=O) groups excluding carboxylic acids is 2. The lowest BCUT2D eigenvalue weighted by molar-refractivity contribution is -0.138. The Bertz CT molecular complexity index is 988. The van der Waals surface area contributed by atoms with Gasteiger partial charge in [-0.1, -0.05) is 24.3 Å². The van der Waals surface area contributed by atoms with Crippen molar-refractivity contribution in [2.75, 3.05) is 26.3 Å². The molecule has 0 aromatic heterocycles. The minimum absolute atomic E-state index is 0.00969. The maximum atomic E-state index is 13.1. The number of nitrogens with one attached hydrogen (secondary N) is 1. The van der Waals surface area contributed by atoms with Gasteiger partial charge in [0.15, 0.2) is 0 Å². The van der Waals surface area contributed by atoms with Crippen molar-refractivity contribution in [1.29, 1.82) is 0 Å². The van der Waals surface area contributed by atoms with Crippen LogP contribution in [0.4, 0.5) is 0 Å². The Balaban J connectivity index is 1.37. The monoisotopic (exact) mass is 436 g/mol. The lowest BCUT2D eigenvalue weighted by Crippen LogP contribution is -2.45. The van der Waals surface area contributed by atoms with Crippen molar-refractivity contribution >= 4 is 11.8 Å². The summed E-state index contributed by atoms with van der Waals surface area (Å²) in [6.07, 6.45) is 1.48. The summed E-state index contributed by atoms with van der Waals surface area (Å²) >= 11 is 0. The van der Waals surface area contributed by atoms with Crippen molar-refractivity contribution in [2.24, 2.45) is 5.92 Å². The maximum Gasteiger partial charge on any atom is 0.226 e. The fourth-order valence-corrected chi connectivity index (χ4v) is 4.66. The molecule has 3 heterocycles. The topological polar surface area (TPSA) is 77.1 Å². The second-order valence-electron chi connectivity index (χ2n) is 8.73. The maximum absolute atomic E-state index is 13.1. The van der Waals surface area contributed by atoms with Gasteiger partial charge >= 0.3 is 0 Å². The first-order chi connectivity index (χ1) is 15.6. The molecular formula is C25H28N2O5. The smallest absolute Gasteiger partial charge is 0.226 e. The number of carbonyl (C=O) groups is 2. The third-order valence-corrected chi connectivity index (χ3v) is 6.36. The van der Waals surface area contributed by atoms with Gasteiger partial charge in [-0.3, -0.25) is 9.59 Å². The zero-order chi connectivity index (χ0) is 21.9. The molecule has 2 fully saturated rings. The van der Waals surface area contributed by atoms with Crippen molar-refractivity contribution in [2.45, 2.75) is 38.0 Å². The van der Waals surface area contributed by atoms with Crippen molar-refractivity contribution in [3.8, 4) is 11.5 Å². The molecule has 4 bridgehead atoms. The summed E-state index contributed by atoms with van der Waals surface area (Å²) in [5.41, 5.74) is 1.86. The molecule has 0 spiro atoms. The van der Waals surface area contributed by atoms with E-state index in [1.165, 1.54) is 0 Å². The third-order valence-electron chi connectivity index (χ3n) is 6.36. The number of nitrogens with zero attached hydrogens (tertiary/aromatic N) is 1. The van der Waals surface area contributed by atoms with E-state index in [0.717, 1.165) is 29.7 Å². The molecule has 2 aromatic rings. The molecule has 3 aliphatic heterocycles. The standard InChI is InChI=1S/C25H28N2O5/c28-24-13-17-3-1-5-20(11-17)32-21-6-2-4-18(12-21)16-31-23-15-27(14-22(23)26-24)25(29)19-7-9-30-10-8-19/h1-6,11-12,19,22-23H,7-10,13-16H2,(H,26,28)/t22-,23-/m0/s1. The van der Waals surface area contributed by atoms with Gasteiger partial charge in [0.2, 0.25) is 11.8 Å². The molecule has 32 heavy (non-hydrogen) atoms. The first kappa shape index (κ1) is 21.0. The van der Waals surface area contributed by atoms with Crippen LogP contribution in [0.3, 0.4) is 0 Å². The van der Waals surface area contributed by atoms with Crippen LogP contribution in [0.1, 0.15) is 24.0 Å². The minimum Gasteiger partial charge on any atom is -0.457 e. The number of rotatable bonds is 1. The lowest BCUT2D eigenvalue weighted by atomic mass is 9.99. The zero-order valence-electron chi connectivity index (χ0n) is 18.0. The summed E-state index contributed by atoms with van der Waals surface area (Å²) in [4.78, 5) is 27.7. The van der Waals surface area contributed by atoms with E-state index in [2.05, 4.69) is 5.32 Å². The Morgan fingerprint density at radius 1 is 0.969 bits per heavy atom. The number of amides is 2. The second-order valence-corrected chi connectivity index (χ2v) is 8.73. The summed E-state index contributed by atoms with van der Waals surface area (Å²) in [6.45, 7) is 2.58. The first-order valence-corrected chi connectivity index (χ1v) is 11.3. The largest absolute Gasteiger partial charge is 0.457 e. The number of likely N-dealkylation sites (tertiary alicyclic amines) is 1.